The number of ether oxygens (including phenoxy) is 1. The van der Waals surface area contributed by atoms with Gasteiger partial charge in [0.1, 0.15) is 6.04 Å². The summed E-state index contributed by atoms with van der Waals surface area (Å²) in [4.78, 5) is 25.5. The van der Waals surface area contributed by atoms with E-state index in [1.165, 1.54) is 19.3 Å². The molecule has 31 heavy (non-hydrogen) atoms. The van der Waals surface area contributed by atoms with Gasteiger partial charge >= 0.3 is 5.97 Å². The maximum Gasteiger partial charge on any atom is 0.328 e. The second-order valence-electron chi connectivity index (χ2n) is 9.43. The Hall–Kier alpha value is -0.850. The number of carbonyl (C=O) groups excluding carboxylic acids is 2. The van der Waals surface area contributed by atoms with E-state index in [0.717, 1.165) is 45.1 Å². The quantitative estimate of drug-likeness (QED) is 0.235. The van der Waals surface area contributed by atoms with Crippen LogP contribution in [0.4, 0.5) is 0 Å². The molecule has 2 rings (SSSR count). The molecule has 0 aliphatic heterocycles. The Kier molecular flexibility index (Phi) is 12.2. The number of unbranched alkanes of at least 4 members (excludes halogenated alkanes) is 2. The minimum atomic E-state index is -0.713. The molecule has 5 atom stereocenters. The SMILES string of the molecule is CCOC(=O)[C@@H](CC1CCCCC1)NC(=O)C1CC(Cl)C(CCCCCNC)CC1O. The Morgan fingerprint density at radius 2 is 1.87 bits per heavy atom. The van der Waals surface area contributed by atoms with Crippen LogP contribution in [0.25, 0.3) is 0 Å². The maximum atomic E-state index is 13.0. The summed E-state index contributed by atoms with van der Waals surface area (Å²) in [6, 6.07) is -0.638. The molecule has 0 heterocycles. The predicted octanol–water partition coefficient (Wildman–Crippen LogP) is 3.78. The lowest BCUT2D eigenvalue weighted by Crippen LogP contribution is -2.50. The van der Waals surface area contributed by atoms with Crippen molar-refractivity contribution in [2.75, 3.05) is 20.2 Å². The minimum absolute atomic E-state index is 0.122. The molecule has 180 valence electrons. The van der Waals surface area contributed by atoms with Gasteiger partial charge in [-0.3, -0.25) is 4.79 Å². The number of esters is 1. The van der Waals surface area contributed by atoms with Gasteiger partial charge in [-0.15, -0.1) is 11.6 Å². The van der Waals surface area contributed by atoms with Gasteiger partial charge in [-0.25, -0.2) is 4.79 Å². The van der Waals surface area contributed by atoms with Gasteiger partial charge in [0.05, 0.1) is 18.6 Å². The van der Waals surface area contributed by atoms with Crippen molar-refractivity contribution in [3.8, 4) is 0 Å². The average molecular weight is 459 g/mol. The summed E-state index contributed by atoms with van der Waals surface area (Å²) in [5.41, 5.74) is 0. The molecule has 6 nitrogen and oxygen atoms in total. The smallest absolute Gasteiger partial charge is 0.328 e. The van der Waals surface area contributed by atoms with Gasteiger partial charge in [-0.05, 0) is 64.5 Å². The number of halogens is 1. The molecule has 3 N–H and O–H groups in total. The normalized spacial score (nSPS) is 28.1. The molecule has 0 aromatic rings. The molecule has 0 radical (unpaired) electrons. The number of amides is 1. The second kappa shape index (κ2) is 14.3. The highest BCUT2D eigenvalue weighted by molar-refractivity contribution is 6.21. The van der Waals surface area contributed by atoms with Crippen molar-refractivity contribution < 1.29 is 19.4 Å². The first-order valence-corrected chi connectivity index (χ1v) is 12.8. The molecule has 2 aliphatic rings. The zero-order chi connectivity index (χ0) is 22.6. The Morgan fingerprint density at radius 1 is 1.13 bits per heavy atom. The van der Waals surface area contributed by atoms with E-state index >= 15 is 0 Å². The number of hydrogen-bond acceptors (Lipinski definition) is 5. The number of carbonyl (C=O) groups is 2. The van der Waals surface area contributed by atoms with E-state index in [0.29, 0.717) is 31.8 Å². The summed E-state index contributed by atoms with van der Waals surface area (Å²) in [6.07, 6.45) is 11.1. The third-order valence-electron chi connectivity index (χ3n) is 7.02. The Morgan fingerprint density at radius 3 is 2.55 bits per heavy atom. The first kappa shape index (κ1) is 26.4. The van der Waals surface area contributed by atoms with Crippen LogP contribution in [-0.2, 0) is 14.3 Å². The van der Waals surface area contributed by atoms with E-state index in [2.05, 4.69) is 10.6 Å². The molecule has 4 unspecified atom stereocenters. The summed E-state index contributed by atoms with van der Waals surface area (Å²) in [5, 5.41) is 16.6. The maximum absolute atomic E-state index is 13.0. The van der Waals surface area contributed by atoms with E-state index < -0.39 is 18.1 Å². The summed E-state index contributed by atoms with van der Waals surface area (Å²) in [6.45, 7) is 3.09. The molecule has 2 fully saturated rings. The van der Waals surface area contributed by atoms with Crippen molar-refractivity contribution in [1.82, 2.24) is 10.6 Å². The first-order chi connectivity index (χ1) is 15.0. The van der Waals surface area contributed by atoms with E-state index in [-0.39, 0.29) is 23.2 Å². The van der Waals surface area contributed by atoms with Gasteiger partial charge in [0.2, 0.25) is 5.91 Å². The third kappa shape index (κ3) is 8.89. The standard InChI is InChI=1S/C24H43ClN2O4/c1-3-31-24(30)21(14-17-10-6-4-7-11-17)27-23(29)19-16-20(25)18(15-22(19)28)12-8-5-9-13-26-2/h17-22,26,28H,3-16H2,1-2H3,(H,27,29)/t18?,19?,20?,21-,22?/m1/s1. The number of rotatable bonds is 12. The second-order valence-corrected chi connectivity index (χ2v) is 9.99. The van der Waals surface area contributed by atoms with Crippen LogP contribution in [0.3, 0.4) is 0 Å². The average Bonchev–Trinajstić information content (AvgIpc) is 2.76. The predicted molar refractivity (Wildman–Crippen MR) is 124 cm³/mol. The lowest BCUT2D eigenvalue weighted by molar-refractivity contribution is -0.149. The molecule has 0 spiro atoms. The highest BCUT2D eigenvalue weighted by atomic mass is 35.5. The van der Waals surface area contributed by atoms with Gasteiger partial charge in [-0.1, -0.05) is 44.9 Å². The first-order valence-electron chi connectivity index (χ1n) is 12.4. The van der Waals surface area contributed by atoms with E-state index in [1.807, 2.05) is 7.05 Å². The third-order valence-corrected chi connectivity index (χ3v) is 7.55. The molecule has 2 saturated carbocycles. The zero-order valence-corrected chi connectivity index (χ0v) is 20.2. The van der Waals surface area contributed by atoms with Gasteiger partial charge in [0.15, 0.2) is 0 Å². The number of hydrogen-bond donors (Lipinski definition) is 3. The van der Waals surface area contributed by atoms with Crippen molar-refractivity contribution in [3.05, 3.63) is 0 Å². The van der Waals surface area contributed by atoms with Crippen LogP contribution < -0.4 is 10.6 Å². The molecule has 0 saturated heterocycles. The van der Waals surface area contributed by atoms with E-state index in [1.54, 1.807) is 6.92 Å². The van der Waals surface area contributed by atoms with Crippen LogP contribution >= 0.6 is 11.6 Å². The lowest BCUT2D eigenvalue weighted by Gasteiger charge is -2.36. The van der Waals surface area contributed by atoms with Crippen molar-refractivity contribution in [1.29, 1.82) is 0 Å². The summed E-state index contributed by atoms with van der Waals surface area (Å²) in [7, 11) is 1.96. The number of aliphatic hydroxyl groups is 1. The summed E-state index contributed by atoms with van der Waals surface area (Å²) < 4.78 is 5.22. The Labute approximate surface area is 193 Å². The highest BCUT2D eigenvalue weighted by Gasteiger charge is 2.40. The molecule has 1 amide bonds. The summed E-state index contributed by atoms with van der Waals surface area (Å²) in [5.74, 6) is -0.523. The molecule has 2 aliphatic carbocycles. The molecular weight excluding hydrogens is 416 g/mol. The van der Waals surface area contributed by atoms with Crippen molar-refractivity contribution in [2.45, 2.75) is 101 Å². The van der Waals surface area contributed by atoms with Crippen molar-refractivity contribution >= 4 is 23.5 Å². The fraction of sp³-hybridized carbons (Fsp3) is 0.917. The molecule has 7 heteroatoms. The Bertz CT molecular complexity index is 542. The topological polar surface area (TPSA) is 87.7 Å². The van der Waals surface area contributed by atoms with Crippen LogP contribution in [0, 0.1) is 17.8 Å². The number of aliphatic hydroxyl groups excluding tert-OH is 1. The summed E-state index contributed by atoms with van der Waals surface area (Å²) >= 11 is 6.64. The highest BCUT2D eigenvalue weighted by Crippen LogP contribution is 2.36. The van der Waals surface area contributed by atoms with Gasteiger partial charge in [0.25, 0.3) is 0 Å². The Balaban J connectivity index is 1.88. The van der Waals surface area contributed by atoms with E-state index in [4.69, 9.17) is 16.3 Å². The fourth-order valence-electron chi connectivity index (χ4n) is 5.17. The number of nitrogens with one attached hydrogen (secondary N) is 2. The largest absolute Gasteiger partial charge is 0.464 e. The lowest BCUT2D eigenvalue weighted by atomic mass is 9.76. The van der Waals surface area contributed by atoms with Crippen molar-refractivity contribution in [3.63, 3.8) is 0 Å². The number of alkyl halides is 1. The molecule has 0 aromatic carbocycles. The molecule has 0 bridgehead atoms. The van der Waals surface area contributed by atoms with Gasteiger partial charge in [0, 0.05) is 5.38 Å². The van der Waals surface area contributed by atoms with Crippen LogP contribution in [0.15, 0.2) is 0 Å². The van der Waals surface area contributed by atoms with E-state index in [9.17, 15) is 14.7 Å². The monoisotopic (exact) mass is 458 g/mol. The van der Waals surface area contributed by atoms with Crippen LogP contribution in [0.1, 0.15) is 84.0 Å². The van der Waals surface area contributed by atoms with Crippen molar-refractivity contribution in [2.24, 2.45) is 17.8 Å². The van der Waals surface area contributed by atoms with Crippen LogP contribution in [0.2, 0.25) is 0 Å². The van der Waals surface area contributed by atoms with Crippen LogP contribution in [0.5, 0.6) is 0 Å². The molecule has 0 aromatic heterocycles. The minimum Gasteiger partial charge on any atom is -0.464 e. The molecular formula is C24H43ClN2O4. The van der Waals surface area contributed by atoms with Gasteiger partial charge < -0.3 is 20.5 Å². The fourth-order valence-corrected chi connectivity index (χ4v) is 5.59. The zero-order valence-electron chi connectivity index (χ0n) is 19.4. The van der Waals surface area contributed by atoms with Crippen LogP contribution in [-0.4, -0.2) is 54.7 Å². The van der Waals surface area contributed by atoms with Gasteiger partial charge in [-0.2, -0.15) is 0 Å².